The van der Waals surface area contributed by atoms with Gasteiger partial charge in [0.25, 0.3) is 5.91 Å². The number of aliphatic hydroxyl groups is 1. The zero-order valence-corrected chi connectivity index (χ0v) is 11.6. The Morgan fingerprint density at radius 1 is 1.27 bits per heavy atom. The van der Waals surface area contributed by atoms with Gasteiger partial charge in [0, 0.05) is 11.9 Å². The van der Waals surface area contributed by atoms with E-state index in [-0.39, 0.29) is 12.2 Å². The molecule has 0 spiro atoms. The van der Waals surface area contributed by atoms with Crippen molar-refractivity contribution in [3.05, 3.63) is 58.9 Å². The van der Waals surface area contributed by atoms with Gasteiger partial charge in [-0.15, -0.1) is 0 Å². The van der Waals surface area contributed by atoms with Gasteiger partial charge < -0.3 is 10.4 Å². The molecule has 0 atom stereocenters. The number of nitrogens with zero attached hydrogens (tertiary/aromatic N) is 1. The number of benzene rings is 1. The van der Waals surface area contributed by atoms with Gasteiger partial charge >= 0.3 is 6.18 Å². The van der Waals surface area contributed by atoms with Gasteiger partial charge in [0.15, 0.2) is 0 Å². The van der Waals surface area contributed by atoms with Crippen LogP contribution < -0.4 is 5.32 Å². The van der Waals surface area contributed by atoms with Gasteiger partial charge in [0.2, 0.25) is 0 Å². The molecule has 1 heterocycles. The van der Waals surface area contributed by atoms with Crippen molar-refractivity contribution in [2.45, 2.75) is 19.7 Å². The minimum Gasteiger partial charge on any atom is -0.392 e. The molecule has 2 aromatic rings. The van der Waals surface area contributed by atoms with Crippen molar-refractivity contribution < 1.29 is 23.1 Å². The average molecular weight is 310 g/mol. The summed E-state index contributed by atoms with van der Waals surface area (Å²) < 4.78 is 37.3. The first-order valence-corrected chi connectivity index (χ1v) is 6.36. The van der Waals surface area contributed by atoms with E-state index < -0.39 is 17.8 Å². The minimum atomic E-state index is -4.54. The fourth-order valence-electron chi connectivity index (χ4n) is 1.79. The first-order valence-electron chi connectivity index (χ1n) is 6.36. The Morgan fingerprint density at radius 2 is 2.00 bits per heavy atom. The number of aryl methyl sites for hydroxylation is 1. The van der Waals surface area contributed by atoms with E-state index in [2.05, 4.69) is 10.3 Å². The van der Waals surface area contributed by atoms with Gasteiger partial charge in [-0.05, 0) is 36.2 Å². The molecule has 4 nitrogen and oxygen atoms in total. The molecule has 0 aliphatic heterocycles. The number of aromatic nitrogens is 1. The largest absolute Gasteiger partial charge is 0.433 e. The lowest BCUT2D eigenvalue weighted by Gasteiger charge is -2.10. The molecular formula is C15H13F3N2O2. The monoisotopic (exact) mass is 310 g/mol. The number of carbonyl (C=O) groups is 1. The number of anilines is 1. The highest BCUT2D eigenvalue weighted by atomic mass is 19.4. The number of carbonyl (C=O) groups excluding carboxylic acids is 1. The maximum atomic E-state index is 12.4. The molecule has 22 heavy (non-hydrogen) atoms. The lowest BCUT2D eigenvalue weighted by atomic mass is 10.1. The highest BCUT2D eigenvalue weighted by Crippen LogP contribution is 2.27. The summed E-state index contributed by atoms with van der Waals surface area (Å²) in [5.41, 5.74) is 0.831. The molecule has 2 N–H and O–H groups in total. The normalized spacial score (nSPS) is 11.3. The molecule has 1 amide bonds. The molecule has 0 aliphatic rings. The second-order valence-electron chi connectivity index (χ2n) is 4.69. The topological polar surface area (TPSA) is 62.2 Å². The third-order valence-corrected chi connectivity index (χ3v) is 3.05. The van der Waals surface area contributed by atoms with Crippen molar-refractivity contribution in [3.63, 3.8) is 0 Å². The fourth-order valence-corrected chi connectivity index (χ4v) is 1.79. The van der Waals surface area contributed by atoms with Crippen molar-refractivity contribution in [2.75, 3.05) is 5.32 Å². The van der Waals surface area contributed by atoms with E-state index in [4.69, 9.17) is 5.11 Å². The molecule has 1 aromatic heterocycles. The summed E-state index contributed by atoms with van der Waals surface area (Å²) in [5.74, 6) is -0.570. The van der Waals surface area contributed by atoms with E-state index in [0.717, 1.165) is 23.9 Å². The highest BCUT2D eigenvalue weighted by molar-refractivity contribution is 6.04. The van der Waals surface area contributed by atoms with Gasteiger partial charge in [-0.3, -0.25) is 9.78 Å². The third kappa shape index (κ3) is 3.62. The number of amides is 1. The lowest BCUT2D eigenvalue weighted by molar-refractivity contribution is -0.141. The van der Waals surface area contributed by atoms with Crippen LogP contribution in [0.2, 0.25) is 0 Å². The van der Waals surface area contributed by atoms with Gasteiger partial charge in [-0.1, -0.05) is 12.1 Å². The zero-order chi connectivity index (χ0) is 16.3. The van der Waals surface area contributed by atoms with Crippen molar-refractivity contribution in [1.82, 2.24) is 4.98 Å². The van der Waals surface area contributed by atoms with Gasteiger partial charge in [0.05, 0.1) is 12.2 Å². The summed E-state index contributed by atoms with van der Waals surface area (Å²) in [6.45, 7) is 1.59. The predicted molar refractivity (Wildman–Crippen MR) is 74.3 cm³/mol. The Labute approximate surface area is 124 Å². The quantitative estimate of drug-likeness (QED) is 0.915. The van der Waals surface area contributed by atoms with Crippen molar-refractivity contribution >= 4 is 11.6 Å². The van der Waals surface area contributed by atoms with E-state index in [0.29, 0.717) is 11.3 Å². The summed E-state index contributed by atoms with van der Waals surface area (Å²) in [6, 6.07) is 6.86. The number of aliphatic hydroxyl groups excluding tert-OH is 1. The predicted octanol–water partition coefficient (Wildman–Crippen LogP) is 3.15. The first-order chi connectivity index (χ1) is 10.3. The maximum absolute atomic E-state index is 12.4. The van der Waals surface area contributed by atoms with Crippen LogP contribution >= 0.6 is 0 Å². The second kappa shape index (κ2) is 6.15. The number of hydrogen-bond donors (Lipinski definition) is 2. The van der Waals surface area contributed by atoms with E-state index in [9.17, 15) is 18.0 Å². The molecular weight excluding hydrogens is 297 g/mol. The Bertz CT molecular complexity index is 682. The lowest BCUT2D eigenvalue weighted by Crippen LogP contribution is -2.15. The van der Waals surface area contributed by atoms with E-state index in [1.54, 1.807) is 25.1 Å². The molecule has 2 rings (SSSR count). The molecule has 0 saturated heterocycles. The Hall–Kier alpha value is -2.41. The summed E-state index contributed by atoms with van der Waals surface area (Å²) in [4.78, 5) is 15.3. The van der Waals surface area contributed by atoms with Crippen LogP contribution in [0.15, 0.2) is 36.5 Å². The van der Waals surface area contributed by atoms with Gasteiger partial charge in [-0.2, -0.15) is 13.2 Å². The highest BCUT2D eigenvalue weighted by Gasteiger charge is 2.32. The third-order valence-electron chi connectivity index (χ3n) is 3.05. The Kier molecular flexibility index (Phi) is 4.46. The van der Waals surface area contributed by atoms with Crippen molar-refractivity contribution in [2.24, 2.45) is 0 Å². The zero-order valence-electron chi connectivity index (χ0n) is 11.6. The number of halogens is 3. The van der Waals surface area contributed by atoms with Crippen LogP contribution in [0, 0.1) is 6.92 Å². The first kappa shape index (κ1) is 16.0. The van der Waals surface area contributed by atoms with Crippen LogP contribution in [-0.4, -0.2) is 16.0 Å². The Balaban J connectivity index is 2.19. The van der Waals surface area contributed by atoms with Gasteiger partial charge in [0.1, 0.15) is 5.69 Å². The summed E-state index contributed by atoms with van der Waals surface area (Å²) in [7, 11) is 0. The number of pyridine rings is 1. The SMILES string of the molecule is Cc1ccc(CO)cc1NC(=O)c1ccc(C(F)(F)F)nc1. The summed E-state index contributed by atoms with van der Waals surface area (Å²) >= 11 is 0. The number of hydrogen-bond acceptors (Lipinski definition) is 3. The van der Waals surface area contributed by atoms with E-state index in [1.165, 1.54) is 0 Å². The minimum absolute atomic E-state index is 0.0156. The molecule has 0 radical (unpaired) electrons. The van der Waals surface area contributed by atoms with Crippen LogP contribution in [0.3, 0.4) is 0 Å². The number of alkyl halides is 3. The van der Waals surface area contributed by atoms with Crippen LogP contribution in [0.4, 0.5) is 18.9 Å². The van der Waals surface area contributed by atoms with E-state index in [1.807, 2.05) is 0 Å². The molecule has 0 saturated carbocycles. The van der Waals surface area contributed by atoms with Crippen LogP contribution in [0.1, 0.15) is 27.2 Å². The smallest absolute Gasteiger partial charge is 0.392 e. The molecule has 0 bridgehead atoms. The van der Waals surface area contributed by atoms with Crippen molar-refractivity contribution in [1.29, 1.82) is 0 Å². The summed E-state index contributed by atoms with van der Waals surface area (Å²) in [6.07, 6.45) is -3.66. The Morgan fingerprint density at radius 3 is 2.55 bits per heavy atom. The molecule has 1 aromatic carbocycles. The number of rotatable bonds is 3. The van der Waals surface area contributed by atoms with E-state index >= 15 is 0 Å². The molecule has 0 unspecified atom stereocenters. The summed E-state index contributed by atoms with van der Waals surface area (Å²) in [5, 5.41) is 11.7. The van der Waals surface area contributed by atoms with Crippen molar-refractivity contribution in [3.8, 4) is 0 Å². The second-order valence-corrected chi connectivity index (χ2v) is 4.69. The number of nitrogens with one attached hydrogen (secondary N) is 1. The fraction of sp³-hybridized carbons (Fsp3) is 0.200. The molecule has 0 fully saturated rings. The average Bonchev–Trinajstić information content (AvgIpc) is 2.48. The van der Waals surface area contributed by atoms with Gasteiger partial charge in [-0.25, -0.2) is 0 Å². The standard InChI is InChI=1S/C15H13F3N2O2/c1-9-2-3-10(8-21)6-12(9)20-14(22)11-4-5-13(19-7-11)15(16,17)18/h2-7,21H,8H2,1H3,(H,20,22). The van der Waals surface area contributed by atoms with Crippen LogP contribution in [0.25, 0.3) is 0 Å². The molecule has 116 valence electrons. The molecule has 0 aliphatic carbocycles. The van der Waals surface area contributed by atoms with Crippen LogP contribution in [0.5, 0.6) is 0 Å². The molecule has 7 heteroatoms. The van der Waals surface area contributed by atoms with Crippen LogP contribution in [-0.2, 0) is 12.8 Å². The maximum Gasteiger partial charge on any atom is 0.433 e.